The van der Waals surface area contributed by atoms with E-state index < -0.39 is 0 Å². The van der Waals surface area contributed by atoms with Crippen LogP contribution in [0.1, 0.15) is 34.3 Å². The number of nitrogens with one attached hydrogen (secondary N) is 1. The fourth-order valence-corrected chi connectivity index (χ4v) is 2.84. The molecule has 3 aromatic rings. The van der Waals surface area contributed by atoms with Gasteiger partial charge in [0.1, 0.15) is 11.3 Å². The summed E-state index contributed by atoms with van der Waals surface area (Å²) in [5.74, 6) is 0.472. The number of hydrogen-bond acceptors (Lipinski definition) is 3. The molecule has 0 bridgehead atoms. The fourth-order valence-electron chi connectivity index (χ4n) is 2.84. The van der Waals surface area contributed by atoms with E-state index in [1.807, 2.05) is 29.0 Å². The highest BCUT2D eigenvalue weighted by Crippen LogP contribution is 2.23. The predicted molar refractivity (Wildman–Crippen MR) is 105 cm³/mol. The van der Waals surface area contributed by atoms with Gasteiger partial charge in [0.2, 0.25) is 0 Å². The lowest BCUT2D eigenvalue weighted by Crippen LogP contribution is -2.22. The molecule has 2 heterocycles. The molecule has 1 aliphatic carbocycles. The topological polar surface area (TPSA) is 59.3 Å². The first-order chi connectivity index (χ1) is 13.2. The highest BCUT2D eigenvalue weighted by molar-refractivity contribution is 5.95. The Kier molecular flexibility index (Phi) is 4.83. The van der Waals surface area contributed by atoms with Crippen molar-refractivity contribution in [3.05, 3.63) is 89.2 Å². The molecule has 0 saturated heterocycles. The molecule has 5 nitrogen and oxygen atoms in total. The Bertz CT molecular complexity index is 1020. The maximum atomic E-state index is 12.7. The number of nitrogens with zero attached hydrogens (tertiary/aromatic N) is 3. The number of hydrogen-bond donors (Lipinski definition) is 1. The molecule has 1 aromatic carbocycles. The highest BCUT2D eigenvalue weighted by atomic mass is 16.1. The van der Waals surface area contributed by atoms with Crippen LogP contribution >= 0.6 is 0 Å². The van der Waals surface area contributed by atoms with Crippen molar-refractivity contribution in [3.63, 3.8) is 0 Å². The molecule has 27 heavy (non-hydrogen) atoms. The molecule has 0 radical (unpaired) electrons. The van der Waals surface area contributed by atoms with E-state index in [0.717, 1.165) is 18.7 Å². The Balaban J connectivity index is 1.59. The van der Waals surface area contributed by atoms with Crippen LogP contribution in [0, 0.1) is 6.92 Å². The highest BCUT2D eigenvalue weighted by Gasteiger charge is 2.21. The molecule has 4 rings (SSSR count). The van der Waals surface area contributed by atoms with Crippen molar-refractivity contribution in [3.8, 4) is 0 Å². The van der Waals surface area contributed by atoms with Gasteiger partial charge in [-0.1, -0.05) is 35.9 Å². The van der Waals surface area contributed by atoms with Gasteiger partial charge in [-0.2, -0.15) is 4.99 Å². The van der Waals surface area contributed by atoms with Gasteiger partial charge >= 0.3 is 0 Å². The van der Waals surface area contributed by atoms with Gasteiger partial charge in [-0.05, 0) is 49.6 Å². The lowest BCUT2D eigenvalue weighted by Gasteiger charge is -2.08. The monoisotopic (exact) mass is 358 g/mol. The van der Waals surface area contributed by atoms with Gasteiger partial charge in [0.05, 0.1) is 0 Å². The Labute approximate surface area is 158 Å². The third-order valence-electron chi connectivity index (χ3n) is 4.54. The number of pyridine rings is 2. The Morgan fingerprint density at radius 1 is 1.19 bits per heavy atom. The van der Waals surface area contributed by atoms with E-state index in [0.29, 0.717) is 23.6 Å². The molecular formula is C22H22N4O. The van der Waals surface area contributed by atoms with Crippen molar-refractivity contribution in [1.29, 1.82) is 0 Å². The number of carbonyl (C=O) groups is 1. The van der Waals surface area contributed by atoms with Crippen LogP contribution in [0.3, 0.4) is 0 Å². The minimum atomic E-state index is -0.264. The van der Waals surface area contributed by atoms with E-state index in [1.54, 1.807) is 18.3 Å². The molecule has 5 heteroatoms. The first-order valence-corrected chi connectivity index (χ1v) is 9.20. The number of amides is 1. The van der Waals surface area contributed by atoms with Gasteiger partial charge in [0, 0.05) is 30.5 Å². The second-order valence-corrected chi connectivity index (χ2v) is 6.94. The largest absolute Gasteiger partial charge is 0.367 e. The van der Waals surface area contributed by atoms with E-state index in [9.17, 15) is 4.79 Å². The van der Waals surface area contributed by atoms with Gasteiger partial charge < -0.3 is 9.88 Å². The van der Waals surface area contributed by atoms with Crippen LogP contribution in [-0.4, -0.2) is 21.5 Å². The Morgan fingerprint density at radius 2 is 2.00 bits per heavy atom. The van der Waals surface area contributed by atoms with Crippen molar-refractivity contribution >= 4 is 11.7 Å². The zero-order valence-electron chi connectivity index (χ0n) is 15.3. The predicted octanol–water partition coefficient (Wildman–Crippen LogP) is 3.56. The standard InChI is InChI=1S/C22H22N4O/c1-16-5-7-17(8-6-16)15-26-13-3-2-4-21(26)25-22(27)18-11-12-23-20(14-18)24-19-9-10-19/h2-8,11-14,19H,9-10,15H2,1H3,(H,23,24). The van der Waals surface area contributed by atoms with Gasteiger partial charge in [0.15, 0.2) is 0 Å². The second-order valence-electron chi connectivity index (χ2n) is 6.94. The molecule has 1 N–H and O–H groups in total. The lowest BCUT2D eigenvalue weighted by molar-refractivity contribution is 0.0997. The normalized spacial score (nSPS) is 14.2. The fraction of sp³-hybridized carbons (Fsp3) is 0.227. The maximum absolute atomic E-state index is 12.7. The van der Waals surface area contributed by atoms with Crippen molar-refractivity contribution in [2.45, 2.75) is 32.4 Å². The van der Waals surface area contributed by atoms with Crippen molar-refractivity contribution in [1.82, 2.24) is 9.55 Å². The summed E-state index contributed by atoms with van der Waals surface area (Å²) in [7, 11) is 0. The van der Waals surface area contributed by atoms with E-state index in [1.165, 1.54) is 11.1 Å². The zero-order chi connectivity index (χ0) is 18.6. The quantitative estimate of drug-likeness (QED) is 0.759. The average Bonchev–Trinajstić information content (AvgIpc) is 3.49. The second kappa shape index (κ2) is 7.58. The van der Waals surface area contributed by atoms with Crippen molar-refractivity contribution in [2.75, 3.05) is 5.32 Å². The molecule has 0 spiro atoms. The van der Waals surface area contributed by atoms with Crippen LogP contribution in [0.4, 0.5) is 5.82 Å². The average molecular weight is 358 g/mol. The molecule has 1 aliphatic rings. The molecule has 136 valence electrons. The molecule has 0 aliphatic heterocycles. The summed E-state index contributed by atoms with van der Waals surface area (Å²) >= 11 is 0. The Hall–Kier alpha value is -3.21. The van der Waals surface area contributed by atoms with Gasteiger partial charge in [-0.3, -0.25) is 4.79 Å². The molecule has 1 amide bonds. The van der Waals surface area contributed by atoms with Crippen LogP contribution in [-0.2, 0) is 6.54 Å². The van der Waals surface area contributed by atoms with E-state index >= 15 is 0 Å². The third kappa shape index (κ3) is 4.50. The molecule has 1 fully saturated rings. The molecule has 0 unspecified atom stereocenters. The van der Waals surface area contributed by atoms with Crippen LogP contribution < -0.4 is 10.8 Å². The smallest absolute Gasteiger partial charge is 0.279 e. The number of benzene rings is 1. The van der Waals surface area contributed by atoms with Crippen LogP contribution in [0.25, 0.3) is 0 Å². The summed E-state index contributed by atoms with van der Waals surface area (Å²) in [6, 6.07) is 18.0. The molecule has 1 saturated carbocycles. The minimum Gasteiger partial charge on any atom is -0.367 e. The van der Waals surface area contributed by atoms with Crippen LogP contribution in [0.2, 0.25) is 0 Å². The summed E-state index contributed by atoms with van der Waals surface area (Å²) in [5.41, 5.74) is 3.57. The summed E-state index contributed by atoms with van der Waals surface area (Å²) < 4.78 is 1.98. The SMILES string of the molecule is Cc1ccc(Cn2ccccc2=NC(=O)c2ccnc(NC3CC3)c2)cc1. The minimum absolute atomic E-state index is 0.264. The van der Waals surface area contributed by atoms with Gasteiger partial charge in [0.25, 0.3) is 5.91 Å². The first-order valence-electron chi connectivity index (χ1n) is 9.20. The molecule has 2 aromatic heterocycles. The lowest BCUT2D eigenvalue weighted by atomic mass is 10.1. The van der Waals surface area contributed by atoms with Crippen LogP contribution in [0.5, 0.6) is 0 Å². The maximum Gasteiger partial charge on any atom is 0.279 e. The number of anilines is 1. The Morgan fingerprint density at radius 3 is 2.78 bits per heavy atom. The van der Waals surface area contributed by atoms with E-state index in [4.69, 9.17) is 0 Å². The summed E-state index contributed by atoms with van der Waals surface area (Å²) in [6.45, 7) is 2.73. The number of aromatic nitrogens is 2. The van der Waals surface area contributed by atoms with Gasteiger partial charge in [-0.15, -0.1) is 0 Å². The van der Waals surface area contributed by atoms with E-state index in [-0.39, 0.29) is 5.91 Å². The first kappa shape index (κ1) is 17.2. The zero-order valence-corrected chi connectivity index (χ0v) is 15.3. The summed E-state index contributed by atoms with van der Waals surface area (Å²) in [4.78, 5) is 21.3. The number of carbonyl (C=O) groups excluding carboxylic acids is 1. The number of rotatable bonds is 5. The summed E-state index contributed by atoms with van der Waals surface area (Å²) in [5, 5.41) is 3.31. The van der Waals surface area contributed by atoms with Crippen LogP contribution in [0.15, 0.2) is 72.0 Å². The molecular weight excluding hydrogens is 336 g/mol. The van der Waals surface area contributed by atoms with Gasteiger partial charge in [-0.25, -0.2) is 4.98 Å². The molecule has 0 atom stereocenters. The van der Waals surface area contributed by atoms with E-state index in [2.05, 4.69) is 46.5 Å². The third-order valence-corrected chi connectivity index (χ3v) is 4.54. The number of aryl methyl sites for hydroxylation is 1. The van der Waals surface area contributed by atoms with Crippen molar-refractivity contribution < 1.29 is 4.79 Å². The summed E-state index contributed by atoms with van der Waals surface area (Å²) in [6.07, 6.45) is 5.91. The van der Waals surface area contributed by atoms with Crippen molar-refractivity contribution in [2.24, 2.45) is 4.99 Å².